The summed E-state index contributed by atoms with van der Waals surface area (Å²) < 4.78 is 15.8. The number of anilines is 2. The highest BCUT2D eigenvalue weighted by atomic mass is 19.1. The molecule has 0 unspecified atom stereocenters. The summed E-state index contributed by atoms with van der Waals surface area (Å²) in [6.07, 6.45) is 2.60. The van der Waals surface area contributed by atoms with Crippen molar-refractivity contribution in [3.63, 3.8) is 0 Å². The molecule has 0 aliphatic heterocycles. The highest BCUT2D eigenvalue weighted by Crippen LogP contribution is 2.19. The van der Waals surface area contributed by atoms with Crippen LogP contribution in [0.3, 0.4) is 0 Å². The molecule has 112 valence electrons. The lowest BCUT2D eigenvalue weighted by molar-refractivity contribution is 0.252. The van der Waals surface area contributed by atoms with Crippen LogP contribution in [0.1, 0.15) is 0 Å². The van der Waals surface area contributed by atoms with Crippen molar-refractivity contribution in [2.45, 2.75) is 0 Å². The molecule has 2 heterocycles. The molecule has 2 aromatic heterocycles. The maximum Gasteiger partial charge on any atom is 0.357 e. The van der Waals surface area contributed by atoms with E-state index in [1.807, 2.05) is 29.9 Å². The first-order valence-electron chi connectivity index (χ1n) is 6.37. The Hall–Kier alpha value is -3.16. The van der Waals surface area contributed by atoms with E-state index in [9.17, 15) is 14.0 Å². The number of nitrogens with zero attached hydrogens (tertiary/aromatic N) is 3. The Morgan fingerprint density at radius 3 is 2.91 bits per heavy atom. The molecule has 3 rings (SSSR count). The monoisotopic (exact) mass is 301 g/mol. The van der Waals surface area contributed by atoms with Gasteiger partial charge in [-0.2, -0.15) is 4.98 Å². The number of fused-ring (bicyclic) bond motifs is 1. The van der Waals surface area contributed by atoms with E-state index in [1.54, 1.807) is 12.1 Å². The van der Waals surface area contributed by atoms with Crippen LogP contribution in [-0.4, -0.2) is 20.1 Å². The summed E-state index contributed by atoms with van der Waals surface area (Å²) in [6, 6.07) is 6.34. The van der Waals surface area contributed by atoms with Gasteiger partial charge in [-0.15, -0.1) is 0 Å². The lowest BCUT2D eigenvalue weighted by atomic mass is 10.2. The second-order valence-electron chi connectivity index (χ2n) is 4.76. The molecular weight excluding hydrogens is 289 g/mol. The number of benzene rings is 1. The minimum Gasteiger partial charge on any atom is -0.381 e. The molecule has 3 aromatic rings. The van der Waals surface area contributed by atoms with Crippen LogP contribution in [0.25, 0.3) is 10.9 Å². The fourth-order valence-corrected chi connectivity index (χ4v) is 2.13. The third-order valence-electron chi connectivity index (χ3n) is 3.26. The molecule has 8 heteroatoms. The molecule has 0 aliphatic rings. The first kappa shape index (κ1) is 13.8. The molecule has 22 heavy (non-hydrogen) atoms. The first-order chi connectivity index (χ1) is 10.5. The number of nitrogens with two attached hydrogens (primary N) is 1. The fourth-order valence-electron chi connectivity index (χ4n) is 2.13. The second kappa shape index (κ2) is 4.99. The van der Waals surface area contributed by atoms with Crippen LogP contribution in [0.15, 0.2) is 41.5 Å². The van der Waals surface area contributed by atoms with E-state index in [-0.39, 0.29) is 0 Å². The minimum atomic E-state index is -0.947. The fraction of sp³-hybridized carbons (Fsp3) is 0.0714. The van der Waals surface area contributed by atoms with E-state index < -0.39 is 23.4 Å². The predicted molar refractivity (Wildman–Crippen MR) is 80.2 cm³/mol. The molecule has 0 bridgehead atoms. The summed E-state index contributed by atoms with van der Waals surface area (Å²) in [5, 5.41) is 3.44. The molecule has 7 nitrogen and oxygen atoms in total. The number of rotatable bonds is 1. The minimum absolute atomic E-state index is 0.479. The highest BCUT2D eigenvalue weighted by molar-refractivity contribution is 5.94. The summed E-state index contributed by atoms with van der Waals surface area (Å²) in [5.74, 6) is -1.48. The van der Waals surface area contributed by atoms with Gasteiger partial charge in [-0.3, -0.25) is 0 Å². The lowest BCUT2D eigenvalue weighted by Gasteiger charge is -2.08. The van der Waals surface area contributed by atoms with Crippen molar-refractivity contribution in [1.29, 1.82) is 0 Å². The number of carbonyl (C=O) groups excluding carboxylic acids is 1. The number of nitrogen functional groups attached to an aromatic ring is 1. The Bertz CT molecular complexity index is 944. The average molecular weight is 301 g/mol. The quantitative estimate of drug-likeness (QED) is 0.712. The maximum absolute atomic E-state index is 13.3. The average Bonchev–Trinajstić information content (AvgIpc) is 2.84. The number of aromatic nitrogens is 3. The summed E-state index contributed by atoms with van der Waals surface area (Å²) in [6.45, 7) is 0. The van der Waals surface area contributed by atoms with Crippen molar-refractivity contribution in [2.24, 2.45) is 7.05 Å². The summed E-state index contributed by atoms with van der Waals surface area (Å²) in [4.78, 5) is 26.9. The van der Waals surface area contributed by atoms with Gasteiger partial charge in [0.05, 0.1) is 6.20 Å². The normalized spacial score (nSPS) is 10.8. The summed E-state index contributed by atoms with van der Waals surface area (Å²) in [5.41, 5.74) is 5.70. The van der Waals surface area contributed by atoms with Crippen LogP contribution >= 0.6 is 0 Å². The van der Waals surface area contributed by atoms with Crippen LogP contribution in [0, 0.1) is 5.82 Å². The van der Waals surface area contributed by atoms with Crippen molar-refractivity contribution in [3.05, 3.63) is 53.0 Å². The highest BCUT2D eigenvalue weighted by Gasteiger charge is 2.12. The molecule has 0 radical (unpaired) electrons. The van der Waals surface area contributed by atoms with E-state index in [0.717, 1.165) is 10.9 Å². The van der Waals surface area contributed by atoms with Crippen molar-refractivity contribution >= 4 is 28.4 Å². The Balaban J connectivity index is 1.92. The zero-order valence-electron chi connectivity index (χ0n) is 11.6. The van der Waals surface area contributed by atoms with Gasteiger partial charge in [-0.25, -0.2) is 18.5 Å². The van der Waals surface area contributed by atoms with Crippen molar-refractivity contribution in [2.75, 3.05) is 11.1 Å². The number of hydrogen-bond acceptors (Lipinski definition) is 4. The van der Waals surface area contributed by atoms with Crippen molar-refractivity contribution in [1.82, 2.24) is 14.1 Å². The van der Waals surface area contributed by atoms with Crippen molar-refractivity contribution < 1.29 is 9.18 Å². The number of carbonyl (C=O) groups is 1. The Kier molecular flexibility index (Phi) is 3.13. The molecule has 0 spiro atoms. The number of hydrogen-bond donors (Lipinski definition) is 2. The standard InChI is InChI=1S/C14H12FN5O2/c1-19-5-4-8-6-9(2-3-11(8)19)17-13(21)20-7-10(15)12(16)18-14(20)22/h2-7H,1H3,(H,17,21)(H2,16,18,22). The molecule has 0 atom stereocenters. The molecular formula is C14H12FN5O2. The molecule has 1 aromatic carbocycles. The Morgan fingerprint density at radius 1 is 1.36 bits per heavy atom. The topological polar surface area (TPSA) is 94.9 Å². The second-order valence-corrected chi connectivity index (χ2v) is 4.76. The van der Waals surface area contributed by atoms with Crippen LogP contribution in [0.2, 0.25) is 0 Å². The molecule has 0 aliphatic carbocycles. The van der Waals surface area contributed by atoms with E-state index in [1.165, 1.54) is 0 Å². The van der Waals surface area contributed by atoms with E-state index in [2.05, 4.69) is 10.3 Å². The van der Waals surface area contributed by atoms with Gasteiger partial charge in [-0.1, -0.05) is 0 Å². The largest absolute Gasteiger partial charge is 0.381 e. The van der Waals surface area contributed by atoms with Gasteiger partial charge in [0, 0.05) is 29.8 Å². The SMILES string of the molecule is Cn1ccc2cc(NC(=O)n3cc(F)c(N)nc3=O)ccc21. The molecule has 1 amide bonds. The predicted octanol–water partition coefficient (Wildman–Crippen LogP) is 1.54. The number of halogens is 1. The molecule has 0 saturated carbocycles. The lowest BCUT2D eigenvalue weighted by Crippen LogP contribution is -2.33. The van der Waals surface area contributed by atoms with Gasteiger partial charge < -0.3 is 15.6 Å². The summed E-state index contributed by atoms with van der Waals surface area (Å²) in [7, 11) is 1.91. The maximum atomic E-state index is 13.3. The number of nitrogens with one attached hydrogen (secondary N) is 1. The van der Waals surface area contributed by atoms with Gasteiger partial charge in [0.2, 0.25) is 0 Å². The van der Waals surface area contributed by atoms with Gasteiger partial charge in [0.1, 0.15) is 0 Å². The molecule has 0 saturated heterocycles. The van der Waals surface area contributed by atoms with Crippen LogP contribution < -0.4 is 16.7 Å². The smallest absolute Gasteiger partial charge is 0.357 e. The third kappa shape index (κ3) is 2.30. The number of amides is 1. The zero-order valence-corrected chi connectivity index (χ0v) is 11.6. The molecule has 3 N–H and O–H groups in total. The Morgan fingerprint density at radius 2 is 2.14 bits per heavy atom. The van der Waals surface area contributed by atoms with E-state index in [0.29, 0.717) is 16.5 Å². The first-order valence-corrected chi connectivity index (χ1v) is 6.37. The van der Waals surface area contributed by atoms with Crippen LogP contribution in [-0.2, 0) is 7.05 Å². The van der Waals surface area contributed by atoms with Gasteiger partial charge in [0.15, 0.2) is 11.6 Å². The zero-order chi connectivity index (χ0) is 15.9. The van der Waals surface area contributed by atoms with Crippen LogP contribution in [0.4, 0.5) is 20.7 Å². The van der Waals surface area contributed by atoms with E-state index in [4.69, 9.17) is 5.73 Å². The summed E-state index contributed by atoms with van der Waals surface area (Å²) >= 11 is 0. The van der Waals surface area contributed by atoms with Crippen molar-refractivity contribution in [3.8, 4) is 0 Å². The van der Waals surface area contributed by atoms with Gasteiger partial charge in [-0.05, 0) is 24.3 Å². The van der Waals surface area contributed by atoms with Gasteiger partial charge >= 0.3 is 11.7 Å². The molecule has 0 fully saturated rings. The van der Waals surface area contributed by atoms with Gasteiger partial charge in [0.25, 0.3) is 0 Å². The number of aryl methyl sites for hydroxylation is 1. The third-order valence-corrected chi connectivity index (χ3v) is 3.26. The van der Waals surface area contributed by atoms with E-state index >= 15 is 0 Å². The van der Waals surface area contributed by atoms with Crippen LogP contribution in [0.5, 0.6) is 0 Å². The Labute approximate surface area is 123 Å².